The highest BCUT2D eigenvalue weighted by molar-refractivity contribution is 5.95. The number of hydrogen-bond acceptors (Lipinski definition) is 3. The molecule has 1 aromatic rings. The van der Waals surface area contributed by atoms with Crippen molar-refractivity contribution >= 4 is 11.9 Å². The first-order valence-corrected chi connectivity index (χ1v) is 6.52. The van der Waals surface area contributed by atoms with Crippen LogP contribution in [0, 0.1) is 0 Å². The molecule has 104 valence electrons. The summed E-state index contributed by atoms with van der Waals surface area (Å²) in [5, 5.41) is 13.3. The first kappa shape index (κ1) is 13.6. The number of amides is 1. The SMILES string of the molecule is CC(C(=O)O)N(C(=O)c1ccn(C(C)C)n1)C1CC1. The van der Waals surface area contributed by atoms with Crippen LogP contribution in [0.2, 0.25) is 0 Å². The smallest absolute Gasteiger partial charge is 0.326 e. The number of nitrogens with zero attached hydrogens (tertiary/aromatic N) is 3. The lowest BCUT2D eigenvalue weighted by atomic mass is 10.2. The zero-order chi connectivity index (χ0) is 14.2. The molecule has 0 aromatic carbocycles. The summed E-state index contributed by atoms with van der Waals surface area (Å²) in [5.74, 6) is -1.28. The molecule has 0 spiro atoms. The van der Waals surface area contributed by atoms with E-state index in [0.29, 0.717) is 5.69 Å². The predicted octanol–water partition coefficient (Wildman–Crippen LogP) is 1.54. The van der Waals surface area contributed by atoms with Gasteiger partial charge < -0.3 is 10.0 Å². The Labute approximate surface area is 112 Å². The lowest BCUT2D eigenvalue weighted by Crippen LogP contribution is -2.44. The van der Waals surface area contributed by atoms with Crippen LogP contribution < -0.4 is 0 Å². The van der Waals surface area contributed by atoms with Crippen molar-refractivity contribution < 1.29 is 14.7 Å². The van der Waals surface area contributed by atoms with Crippen LogP contribution in [-0.2, 0) is 4.79 Å². The molecule has 0 saturated heterocycles. The van der Waals surface area contributed by atoms with Crippen molar-refractivity contribution in [1.29, 1.82) is 0 Å². The van der Waals surface area contributed by atoms with Gasteiger partial charge >= 0.3 is 5.97 Å². The summed E-state index contributed by atoms with van der Waals surface area (Å²) >= 11 is 0. The topological polar surface area (TPSA) is 75.4 Å². The molecule has 1 atom stereocenters. The second kappa shape index (κ2) is 5.03. The van der Waals surface area contributed by atoms with E-state index in [9.17, 15) is 9.59 Å². The van der Waals surface area contributed by atoms with Gasteiger partial charge in [-0.1, -0.05) is 0 Å². The van der Waals surface area contributed by atoms with Crippen LogP contribution in [0.15, 0.2) is 12.3 Å². The van der Waals surface area contributed by atoms with Gasteiger partial charge in [-0.15, -0.1) is 0 Å². The highest BCUT2D eigenvalue weighted by Gasteiger charge is 2.39. The first-order valence-electron chi connectivity index (χ1n) is 6.52. The molecule has 1 aliphatic rings. The van der Waals surface area contributed by atoms with E-state index in [-0.39, 0.29) is 18.0 Å². The second-order valence-corrected chi connectivity index (χ2v) is 5.23. The van der Waals surface area contributed by atoms with Crippen molar-refractivity contribution in [1.82, 2.24) is 14.7 Å². The highest BCUT2D eigenvalue weighted by Crippen LogP contribution is 2.30. The van der Waals surface area contributed by atoms with E-state index in [4.69, 9.17) is 5.11 Å². The molecule has 1 amide bonds. The number of aliphatic carboxylic acids is 1. The maximum atomic E-state index is 12.4. The Morgan fingerprint density at radius 2 is 2.05 bits per heavy atom. The van der Waals surface area contributed by atoms with Gasteiger partial charge in [0.2, 0.25) is 0 Å². The van der Waals surface area contributed by atoms with Gasteiger partial charge in [0.05, 0.1) is 0 Å². The molecule has 2 rings (SSSR count). The van der Waals surface area contributed by atoms with Crippen LogP contribution in [0.1, 0.15) is 50.1 Å². The van der Waals surface area contributed by atoms with E-state index in [0.717, 1.165) is 12.8 Å². The zero-order valence-corrected chi connectivity index (χ0v) is 11.4. The summed E-state index contributed by atoms with van der Waals surface area (Å²) in [7, 11) is 0. The van der Waals surface area contributed by atoms with Gasteiger partial charge in [-0.2, -0.15) is 5.10 Å². The standard InChI is InChI=1S/C13H19N3O3/c1-8(2)15-7-6-11(14-15)12(17)16(10-4-5-10)9(3)13(18)19/h6-10H,4-5H2,1-3H3,(H,18,19). The molecule has 6 heteroatoms. The van der Waals surface area contributed by atoms with Gasteiger partial charge in [0.1, 0.15) is 11.7 Å². The van der Waals surface area contributed by atoms with Gasteiger partial charge in [-0.05, 0) is 39.7 Å². The third-order valence-corrected chi connectivity index (χ3v) is 3.31. The first-order chi connectivity index (χ1) is 8.91. The molecular weight excluding hydrogens is 246 g/mol. The third-order valence-electron chi connectivity index (χ3n) is 3.31. The Bertz CT molecular complexity index is 491. The summed E-state index contributed by atoms with van der Waals surface area (Å²) in [5.41, 5.74) is 0.314. The van der Waals surface area contributed by atoms with Gasteiger partial charge in [-0.3, -0.25) is 9.48 Å². The number of carboxylic acid groups (broad SMARTS) is 1. The lowest BCUT2D eigenvalue weighted by molar-refractivity contribution is -0.141. The van der Waals surface area contributed by atoms with E-state index in [1.165, 1.54) is 11.8 Å². The average Bonchev–Trinajstić information content (AvgIpc) is 3.04. The number of carbonyl (C=O) groups is 2. The van der Waals surface area contributed by atoms with Gasteiger partial charge in [0.15, 0.2) is 0 Å². The van der Waals surface area contributed by atoms with Gasteiger partial charge in [-0.25, -0.2) is 4.79 Å². The lowest BCUT2D eigenvalue weighted by Gasteiger charge is -2.25. The molecule has 1 unspecified atom stereocenters. The number of carboxylic acids is 1. The number of carbonyl (C=O) groups excluding carboxylic acids is 1. The van der Waals surface area contributed by atoms with Crippen molar-refractivity contribution in [3.05, 3.63) is 18.0 Å². The average molecular weight is 265 g/mol. The summed E-state index contributed by atoms with van der Waals surface area (Å²) in [4.78, 5) is 24.9. The van der Waals surface area contributed by atoms with Gasteiger partial charge in [0, 0.05) is 18.3 Å². The van der Waals surface area contributed by atoms with E-state index in [1.54, 1.807) is 16.9 Å². The molecule has 6 nitrogen and oxygen atoms in total. The monoisotopic (exact) mass is 265 g/mol. The number of aromatic nitrogens is 2. The fourth-order valence-electron chi connectivity index (χ4n) is 2.00. The molecule has 1 N–H and O–H groups in total. The Morgan fingerprint density at radius 1 is 1.42 bits per heavy atom. The third kappa shape index (κ3) is 2.77. The molecule has 19 heavy (non-hydrogen) atoms. The molecular formula is C13H19N3O3. The number of hydrogen-bond donors (Lipinski definition) is 1. The minimum absolute atomic E-state index is 0.0443. The molecule has 1 aliphatic carbocycles. The van der Waals surface area contributed by atoms with E-state index in [2.05, 4.69) is 5.10 Å². The van der Waals surface area contributed by atoms with Crippen LogP contribution in [0.4, 0.5) is 0 Å². The van der Waals surface area contributed by atoms with Crippen LogP contribution in [0.3, 0.4) is 0 Å². The van der Waals surface area contributed by atoms with Crippen molar-refractivity contribution in [2.75, 3.05) is 0 Å². The van der Waals surface area contributed by atoms with Crippen LogP contribution in [-0.4, -0.2) is 43.7 Å². The molecule has 1 aromatic heterocycles. The predicted molar refractivity (Wildman–Crippen MR) is 68.9 cm³/mol. The Morgan fingerprint density at radius 3 is 2.47 bits per heavy atom. The molecule has 1 saturated carbocycles. The van der Waals surface area contributed by atoms with E-state index in [1.807, 2.05) is 13.8 Å². The quantitative estimate of drug-likeness (QED) is 0.876. The molecule has 1 heterocycles. The van der Waals surface area contributed by atoms with E-state index >= 15 is 0 Å². The summed E-state index contributed by atoms with van der Waals surface area (Å²) in [6.07, 6.45) is 3.48. The molecule has 0 radical (unpaired) electrons. The van der Waals surface area contributed by atoms with Gasteiger partial charge in [0.25, 0.3) is 5.91 Å². The number of rotatable bonds is 5. The Balaban J connectivity index is 2.21. The highest BCUT2D eigenvalue weighted by atomic mass is 16.4. The van der Waals surface area contributed by atoms with Crippen molar-refractivity contribution in [3.8, 4) is 0 Å². The minimum Gasteiger partial charge on any atom is -0.480 e. The maximum absolute atomic E-state index is 12.4. The van der Waals surface area contributed by atoms with Crippen molar-refractivity contribution in [2.24, 2.45) is 0 Å². The van der Waals surface area contributed by atoms with E-state index < -0.39 is 12.0 Å². The van der Waals surface area contributed by atoms with Crippen LogP contribution in [0.5, 0.6) is 0 Å². The second-order valence-electron chi connectivity index (χ2n) is 5.23. The molecule has 0 aliphatic heterocycles. The van der Waals surface area contributed by atoms with Crippen molar-refractivity contribution in [2.45, 2.75) is 51.7 Å². The Hall–Kier alpha value is -1.85. The summed E-state index contributed by atoms with van der Waals surface area (Å²) in [6.45, 7) is 5.48. The molecule has 1 fully saturated rings. The van der Waals surface area contributed by atoms with Crippen molar-refractivity contribution in [3.63, 3.8) is 0 Å². The zero-order valence-electron chi connectivity index (χ0n) is 11.4. The maximum Gasteiger partial charge on any atom is 0.326 e. The van der Waals surface area contributed by atoms with Crippen LogP contribution >= 0.6 is 0 Å². The fraction of sp³-hybridized carbons (Fsp3) is 0.615. The molecule has 0 bridgehead atoms. The largest absolute Gasteiger partial charge is 0.480 e. The normalized spacial score (nSPS) is 16.4. The summed E-state index contributed by atoms with van der Waals surface area (Å²) < 4.78 is 1.70. The fourth-order valence-corrected chi connectivity index (χ4v) is 2.00. The summed E-state index contributed by atoms with van der Waals surface area (Å²) in [6, 6.07) is 1.05. The Kier molecular flexibility index (Phi) is 3.59. The van der Waals surface area contributed by atoms with Crippen LogP contribution in [0.25, 0.3) is 0 Å². The minimum atomic E-state index is -0.983.